The van der Waals surface area contributed by atoms with E-state index < -0.39 is 20.4 Å². The van der Waals surface area contributed by atoms with E-state index in [0.717, 1.165) is 30.7 Å². The largest absolute Gasteiger partial charge is 0.381 e. The van der Waals surface area contributed by atoms with Crippen molar-refractivity contribution in [2.24, 2.45) is 0 Å². The predicted octanol–water partition coefficient (Wildman–Crippen LogP) is 3.39. The Balaban J connectivity index is 1.69. The number of benzene rings is 1. The topological polar surface area (TPSA) is 105 Å². The van der Waals surface area contributed by atoms with Crippen LogP contribution in [-0.4, -0.2) is 37.7 Å². The minimum absolute atomic E-state index is 0.294. The fourth-order valence-corrected chi connectivity index (χ4v) is 4.15. The molecular weight excluding hydrogens is 380 g/mol. The molecule has 0 amide bonds. The van der Waals surface area contributed by atoms with Gasteiger partial charge in [0.05, 0.1) is 4.92 Å². The summed E-state index contributed by atoms with van der Waals surface area (Å²) in [4.78, 5) is 16.9. The van der Waals surface area contributed by atoms with E-state index in [-0.39, 0.29) is 4.90 Å². The number of hydrogen-bond donors (Lipinski definition) is 1. The van der Waals surface area contributed by atoms with E-state index in [1.54, 1.807) is 6.20 Å². The molecular formula is C19H24N4O4S. The highest BCUT2D eigenvalue weighted by Gasteiger charge is 2.22. The van der Waals surface area contributed by atoms with Crippen LogP contribution in [0.3, 0.4) is 0 Å². The second kappa shape index (κ2) is 8.55. The van der Waals surface area contributed by atoms with Gasteiger partial charge >= 0.3 is 0 Å². The maximum atomic E-state index is 11.8. The van der Waals surface area contributed by atoms with Crippen LogP contribution >= 0.6 is 0 Å². The average Bonchev–Trinajstić information content (AvgIpc) is 2.95. The van der Waals surface area contributed by atoms with E-state index in [9.17, 15) is 18.5 Å². The molecule has 0 unspecified atom stereocenters. The van der Waals surface area contributed by atoms with E-state index in [2.05, 4.69) is 15.2 Å². The molecule has 2 aromatic rings. The summed E-state index contributed by atoms with van der Waals surface area (Å²) in [7, 11) is -3.70. The fraction of sp³-hybridized carbons (Fsp3) is 0.421. The van der Waals surface area contributed by atoms with Gasteiger partial charge < -0.3 is 10.2 Å². The van der Waals surface area contributed by atoms with Gasteiger partial charge in [0.15, 0.2) is 9.84 Å². The molecule has 1 saturated heterocycles. The number of nitrogens with one attached hydrogen (secondary N) is 1. The lowest BCUT2D eigenvalue weighted by Gasteiger charge is -2.21. The standard InChI is InChI=1S/C19H24N4O4S/c1-28(26,27)18-12-16(7-8-17(18)23(24)25)20-13-15-6-9-19(21-14-15)22-10-4-2-3-5-11-22/h6-9,12,14,20H,2-5,10-11,13H2,1H3. The zero-order valence-corrected chi connectivity index (χ0v) is 16.6. The lowest BCUT2D eigenvalue weighted by atomic mass is 10.2. The van der Waals surface area contributed by atoms with Gasteiger partial charge in [-0.2, -0.15) is 0 Å². The van der Waals surface area contributed by atoms with Crippen molar-refractivity contribution in [1.29, 1.82) is 0 Å². The maximum absolute atomic E-state index is 11.8. The lowest BCUT2D eigenvalue weighted by molar-refractivity contribution is -0.387. The second-order valence-corrected chi connectivity index (χ2v) is 8.98. The number of rotatable bonds is 6. The van der Waals surface area contributed by atoms with Crippen molar-refractivity contribution in [3.63, 3.8) is 0 Å². The molecule has 0 bridgehead atoms. The SMILES string of the molecule is CS(=O)(=O)c1cc(NCc2ccc(N3CCCCCC3)nc2)ccc1[N+](=O)[O-]. The molecule has 1 aromatic heterocycles. The van der Waals surface area contributed by atoms with Gasteiger partial charge in [0.25, 0.3) is 5.69 Å². The average molecular weight is 404 g/mol. The summed E-state index contributed by atoms with van der Waals surface area (Å²) >= 11 is 0. The third kappa shape index (κ3) is 4.98. The molecule has 0 atom stereocenters. The second-order valence-electron chi connectivity index (χ2n) is 6.99. The van der Waals surface area contributed by atoms with Gasteiger partial charge in [0, 0.05) is 43.8 Å². The maximum Gasteiger partial charge on any atom is 0.288 e. The molecule has 3 rings (SSSR count). The number of sulfone groups is 1. The van der Waals surface area contributed by atoms with Crippen LogP contribution in [0.25, 0.3) is 0 Å². The van der Waals surface area contributed by atoms with Crippen LogP contribution in [0.2, 0.25) is 0 Å². The first-order valence-corrected chi connectivity index (χ1v) is 11.2. The Bertz CT molecular complexity index is 937. The summed E-state index contributed by atoms with van der Waals surface area (Å²) in [6, 6.07) is 8.00. The molecule has 1 aromatic carbocycles. The van der Waals surface area contributed by atoms with Crippen LogP contribution in [0.1, 0.15) is 31.2 Å². The highest BCUT2D eigenvalue weighted by atomic mass is 32.2. The highest BCUT2D eigenvalue weighted by Crippen LogP contribution is 2.27. The van der Waals surface area contributed by atoms with Crippen LogP contribution in [-0.2, 0) is 16.4 Å². The first-order chi connectivity index (χ1) is 13.3. The lowest BCUT2D eigenvalue weighted by Crippen LogP contribution is -2.24. The molecule has 1 N–H and O–H groups in total. The van der Waals surface area contributed by atoms with Crippen LogP contribution in [0.4, 0.5) is 17.2 Å². The van der Waals surface area contributed by atoms with E-state index in [4.69, 9.17) is 0 Å². The third-order valence-electron chi connectivity index (χ3n) is 4.79. The molecule has 0 saturated carbocycles. The minimum atomic E-state index is -3.70. The molecule has 150 valence electrons. The molecule has 8 nitrogen and oxygen atoms in total. The number of hydrogen-bond acceptors (Lipinski definition) is 7. The Morgan fingerprint density at radius 2 is 1.86 bits per heavy atom. The van der Waals surface area contributed by atoms with Crippen molar-refractivity contribution in [2.75, 3.05) is 29.6 Å². The van der Waals surface area contributed by atoms with Gasteiger partial charge in [0.2, 0.25) is 0 Å². The zero-order chi connectivity index (χ0) is 20.1. The monoisotopic (exact) mass is 404 g/mol. The molecule has 1 fully saturated rings. The van der Waals surface area contributed by atoms with Gasteiger partial charge in [-0.25, -0.2) is 13.4 Å². The summed E-state index contributed by atoms with van der Waals surface area (Å²) in [5.74, 6) is 0.973. The molecule has 9 heteroatoms. The summed E-state index contributed by atoms with van der Waals surface area (Å²) in [5.41, 5.74) is 1.02. The van der Waals surface area contributed by atoms with Gasteiger partial charge in [-0.15, -0.1) is 0 Å². The van der Waals surface area contributed by atoms with E-state index in [1.165, 1.54) is 43.9 Å². The van der Waals surface area contributed by atoms with E-state index in [0.29, 0.717) is 12.2 Å². The number of aromatic nitrogens is 1. The molecule has 1 aliphatic rings. The normalized spacial score (nSPS) is 15.1. The Hall–Kier alpha value is -2.68. The molecule has 1 aliphatic heterocycles. The third-order valence-corrected chi connectivity index (χ3v) is 5.92. The van der Waals surface area contributed by atoms with Crippen molar-refractivity contribution >= 4 is 27.0 Å². The molecule has 0 spiro atoms. The van der Waals surface area contributed by atoms with Crippen LogP contribution in [0.5, 0.6) is 0 Å². The van der Waals surface area contributed by atoms with Crippen LogP contribution < -0.4 is 10.2 Å². The molecule has 0 radical (unpaired) electrons. The van der Waals surface area contributed by atoms with E-state index in [1.807, 2.05) is 12.1 Å². The number of nitrogens with zero attached hydrogens (tertiary/aromatic N) is 3. The number of anilines is 2. The Morgan fingerprint density at radius 3 is 2.43 bits per heavy atom. The number of nitro groups is 1. The quantitative estimate of drug-likeness (QED) is 0.581. The number of nitro benzene ring substituents is 1. The predicted molar refractivity (Wildman–Crippen MR) is 108 cm³/mol. The van der Waals surface area contributed by atoms with E-state index >= 15 is 0 Å². The minimum Gasteiger partial charge on any atom is -0.381 e. The first kappa shape index (κ1) is 20.1. The summed E-state index contributed by atoms with van der Waals surface area (Å²) in [6.45, 7) is 2.50. The Kier molecular flexibility index (Phi) is 6.13. The fourth-order valence-electron chi connectivity index (χ4n) is 3.28. The first-order valence-electron chi connectivity index (χ1n) is 9.27. The summed E-state index contributed by atoms with van der Waals surface area (Å²) < 4.78 is 23.7. The zero-order valence-electron chi connectivity index (χ0n) is 15.8. The Morgan fingerprint density at radius 1 is 1.14 bits per heavy atom. The van der Waals surface area contributed by atoms with Gasteiger partial charge in [0.1, 0.15) is 10.7 Å². The van der Waals surface area contributed by atoms with Crippen LogP contribution in [0.15, 0.2) is 41.4 Å². The van der Waals surface area contributed by atoms with Crippen LogP contribution in [0, 0.1) is 10.1 Å². The molecule has 0 aliphatic carbocycles. The molecule has 2 heterocycles. The van der Waals surface area contributed by atoms with Crippen molar-refractivity contribution in [3.8, 4) is 0 Å². The smallest absolute Gasteiger partial charge is 0.288 e. The Labute approximate surface area is 164 Å². The van der Waals surface area contributed by atoms with Crippen molar-refractivity contribution < 1.29 is 13.3 Å². The summed E-state index contributed by atoms with van der Waals surface area (Å²) in [6.07, 6.45) is 7.68. The number of pyridine rings is 1. The highest BCUT2D eigenvalue weighted by molar-refractivity contribution is 7.90. The van der Waals surface area contributed by atoms with Gasteiger partial charge in [-0.3, -0.25) is 10.1 Å². The molecule has 28 heavy (non-hydrogen) atoms. The van der Waals surface area contributed by atoms with Gasteiger partial charge in [-0.1, -0.05) is 18.9 Å². The van der Waals surface area contributed by atoms with Crippen molar-refractivity contribution in [1.82, 2.24) is 4.98 Å². The summed E-state index contributed by atoms with van der Waals surface area (Å²) in [5, 5.41) is 14.2. The van der Waals surface area contributed by atoms with Gasteiger partial charge in [-0.05, 0) is 36.6 Å². The van der Waals surface area contributed by atoms with Crippen molar-refractivity contribution in [2.45, 2.75) is 37.1 Å². The van der Waals surface area contributed by atoms with Crippen molar-refractivity contribution in [3.05, 3.63) is 52.2 Å².